The molecule has 0 bridgehead atoms. The molecule has 2 heterocycles. The zero-order chi connectivity index (χ0) is 14.9. The number of nitrogen functional groups attached to an aromatic ring is 1. The van der Waals surface area contributed by atoms with Gasteiger partial charge in [0.1, 0.15) is 0 Å². The molecule has 1 aromatic rings. The Morgan fingerprint density at radius 3 is 2.50 bits per heavy atom. The van der Waals surface area contributed by atoms with Gasteiger partial charge in [0.2, 0.25) is 17.6 Å². The fourth-order valence-corrected chi connectivity index (χ4v) is 2.30. The van der Waals surface area contributed by atoms with E-state index in [0.717, 1.165) is 0 Å². The zero-order valence-electron chi connectivity index (χ0n) is 11.7. The van der Waals surface area contributed by atoms with E-state index in [2.05, 4.69) is 15.3 Å². The summed E-state index contributed by atoms with van der Waals surface area (Å²) in [5, 5.41) is 13.7. The van der Waals surface area contributed by atoms with Gasteiger partial charge in [0, 0.05) is 20.1 Å². The SMILES string of the molecule is CNc1nc(N2CC(C)OC(C)C2)nc(N)c1[N+](=O)[O-]. The Morgan fingerprint density at radius 1 is 1.40 bits per heavy atom. The molecular formula is C11H18N6O3. The Kier molecular flexibility index (Phi) is 3.89. The largest absolute Gasteiger partial charge is 0.378 e. The molecule has 2 rings (SSSR count). The second kappa shape index (κ2) is 5.45. The monoisotopic (exact) mass is 282 g/mol. The highest BCUT2D eigenvalue weighted by Gasteiger charge is 2.28. The molecule has 1 aromatic heterocycles. The Balaban J connectivity index is 2.38. The predicted octanol–water partition coefficient (Wildman–Crippen LogP) is 0.622. The van der Waals surface area contributed by atoms with E-state index in [4.69, 9.17) is 10.5 Å². The van der Waals surface area contributed by atoms with E-state index in [1.807, 2.05) is 18.7 Å². The van der Waals surface area contributed by atoms with Gasteiger partial charge in [-0.05, 0) is 13.8 Å². The minimum absolute atomic E-state index is 0.0387. The molecular weight excluding hydrogens is 264 g/mol. The van der Waals surface area contributed by atoms with Crippen LogP contribution in [0.3, 0.4) is 0 Å². The second-order valence-electron chi connectivity index (χ2n) is 4.78. The van der Waals surface area contributed by atoms with Gasteiger partial charge in [-0.3, -0.25) is 10.1 Å². The molecule has 9 nitrogen and oxygen atoms in total. The van der Waals surface area contributed by atoms with E-state index < -0.39 is 4.92 Å². The molecule has 3 N–H and O–H groups in total. The van der Waals surface area contributed by atoms with E-state index in [0.29, 0.717) is 19.0 Å². The van der Waals surface area contributed by atoms with Crippen LogP contribution >= 0.6 is 0 Å². The van der Waals surface area contributed by atoms with Crippen LogP contribution in [0.4, 0.5) is 23.3 Å². The molecule has 1 saturated heterocycles. The summed E-state index contributed by atoms with van der Waals surface area (Å²) in [7, 11) is 1.56. The van der Waals surface area contributed by atoms with Crippen LogP contribution in [-0.4, -0.2) is 47.2 Å². The van der Waals surface area contributed by atoms with Crippen molar-refractivity contribution in [3.63, 3.8) is 0 Å². The molecule has 1 aliphatic heterocycles. The highest BCUT2D eigenvalue weighted by Crippen LogP contribution is 2.30. The van der Waals surface area contributed by atoms with Gasteiger partial charge in [-0.25, -0.2) is 0 Å². The number of anilines is 3. The Bertz CT molecular complexity index is 513. The quantitative estimate of drug-likeness (QED) is 0.611. The van der Waals surface area contributed by atoms with Gasteiger partial charge in [0.25, 0.3) is 0 Å². The first-order chi connectivity index (χ1) is 9.42. The van der Waals surface area contributed by atoms with Crippen molar-refractivity contribution >= 4 is 23.3 Å². The summed E-state index contributed by atoms with van der Waals surface area (Å²) in [5.41, 5.74) is 5.38. The van der Waals surface area contributed by atoms with Crippen molar-refractivity contribution in [2.24, 2.45) is 0 Å². The molecule has 0 saturated carbocycles. The van der Waals surface area contributed by atoms with Crippen LogP contribution < -0.4 is 16.0 Å². The number of morpholine rings is 1. The third-order valence-corrected chi connectivity index (χ3v) is 3.02. The lowest BCUT2D eigenvalue weighted by Gasteiger charge is -2.35. The first kappa shape index (κ1) is 14.3. The summed E-state index contributed by atoms with van der Waals surface area (Å²) in [5.74, 6) is 0.347. The number of ether oxygens (including phenoxy) is 1. The van der Waals surface area contributed by atoms with E-state index in [1.54, 1.807) is 7.05 Å². The molecule has 0 spiro atoms. The maximum atomic E-state index is 11.0. The summed E-state index contributed by atoms with van der Waals surface area (Å²) in [6.07, 6.45) is 0.0774. The van der Waals surface area contributed by atoms with Crippen molar-refractivity contribution in [1.82, 2.24) is 9.97 Å². The number of hydrogen-bond donors (Lipinski definition) is 2. The standard InChI is InChI=1S/C11H18N6O3/c1-6-4-16(5-7(2)20-6)11-14-9(12)8(17(18)19)10(13-3)15-11/h6-7H,4-5H2,1-3H3,(H3,12,13,14,15). The minimum Gasteiger partial charge on any atom is -0.378 e. The topological polar surface area (TPSA) is 119 Å². The van der Waals surface area contributed by atoms with Gasteiger partial charge >= 0.3 is 5.69 Å². The smallest absolute Gasteiger partial charge is 0.353 e. The van der Waals surface area contributed by atoms with Gasteiger partial charge in [0.15, 0.2) is 0 Å². The van der Waals surface area contributed by atoms with E-state index in [9.17, 15) is 10.1 Å². The summed E-state index contributed by atoms with van der Waals surface area (Å²) in [6, 6.07) is 0. The molecule has 9 heteroatoms. The van der Waals surface area contributed by atoms with Gasteiger partial charge in [-0.2, -0.15) is 9.97 Å². The van der Waals surface area contributed by atoms with Crippen molar-refractivity contribution < 1.29 is 9.66 Å². The lowest BCUT2D eigenvalue weighted by atomic mass is 10.2. The fourth-order valence-electron chi connectivity index (χ4n) is 2.30. The lowest BCUT2D eigenvalue weighted by molar-refractivity contribution is -0.383. The molecule has 2 unspecified atom stereocenters. The van der Waals surface area contributed by atoms with Crippen LogP contribution in [0.1, 0.15) is 13.8 Å². The van der Waals surface area contributed by atoms with Gasteiger partial charge < -0.3 is 20.7 Å². The lowest BCUT2D eigenvalue weighted by Crippen LogP contribution is -2.46. The van der Waals surface area contributed by atoms with Crippen LogP contribution in [0.15, 0.2) is 0 Å². The van der Waals surface area contributed by atoms with E-state index in [-0.39, 0.29) is 29.5 Å². The van der Waals surface area contributed by atoms with Crippen LogP contribution in [0.2, 0.25) is 0 Å². The predicted molar refractivity (Wildman–Crippen MR) is 74.9 cm³/mol. The molecule has 0 radical (unpaired) electrons. The van der Waals surface area contributed by atoms with Crippen LogP contribution in [0, 0.1) is 10.1 Å². The molecule has 110 valence electrons. The number of nitrogens with one attached hydrogen (secondary N) is 1. The Hall–Kier alpha value is -2.16. The first-order valence-electron chi connectivity index (χ1n) is 6.32. The van der Waals surface area contributed by atoms with Crippen molar-refractivity contribution in [1.29, 1.82) is 0 Å². The molecule has 0 amide bonds. The normalized spacial score (nSPS) is 22.6. The average molecular weight is 282 g/mol. The molecule has 1 aliphatic rings. The third kappa shape index (κ3) is 2.72. The Labute approximate surface area is 116 Å². The fraction of sp³-hybridized carbons (Fsp3) is 0.636. The number of hydrogen-bond acceptors (Lipinski definition) is 8. The molecule has 0 aliphatic carbocycles. The maximum absolute atomic E-state index is 11.0. The van der Waals surface area contributed by atoms with Crippen molar-refractivity contribution in [3.05, 3.63) is 10.1 Å². The summed E-state index contributed by atoms with van der Waals surface area (Å²) < 4.78 is 5.63. The van der Waals surface area contributed by atoms with Crippen LogP contribution in [-0.2, 0) is 4.74 Å². The molecule has 1 fully saturated rings. The Morgan fingerprint density at radius 2 is 2.00 bits per heavy atom. The van der Waals surface area contributed by atoms with Crippen LogP contribution in [0.25, 0.3) is 0 Å². The minimum atomic E-state index is -0.588. The summed E-state index contributed by atoms with van der Waals surface area (Å²) in [4.78, 5) is 20.5. The number of nitrogens with two attached hydrogens (primary N) is 1. The van der Waals surface area contributed by atoms with E-state index >= 15 is 0 Å². The third-order valence-electron chi connectivity index (χ3n) is 3.02. The number of nitrogens with zero attached hydrogens (tertiary/aromatic N) is 4. The van der Waals surface area contributed by atoms with Gasteiger partial charge in [-0.1, -0.05) is 0 Å². The number of nitro groups is 1. The average Bonchev–Trinajstić information content (AvgIpc) is 2.35. The van der Waals surface area contributed by atoms with Crippen LogP contribution in [0.5, 0.6) is 0 Å². The highest BCUT2D eigenvalue weighted by atomic mass is 16.6. The number of aromatic nitrogens is 2. The second-order valence-corrected chi connectivity index (χ2v) is 4.78. The zero-order valence-corrected chi connectivity index (χ0v) is 11.7. The van der Waals surface area contributed by atoms with Gasteiger partial charge in [-0.15, -0.1) is 0 Å². The number of rotatable bonds is 3. The molecule has 2 atom stereocenters. The van der Waals surface area contributed by atoms with Crippen molar-refractivity contribution in [3.8, 4) is 0 Å². The summed E-state index contributed by atoms with van der Waals surface area (Å²) >= 11 is 0. The first-order valence-corrected chi connectivity index (χ1v) is 6.32. The van der Waals surface area contributed by atoms with Crippen molar-refractivity contribution in [2.75, 3.05) is 36.1 Å². The van der Waals surface area contributed by atoms with E-state index in [1.165, 1.54) is 0 Å². The molecule has 20 heavy (non-hydrogen) atoms. The summed E-state index contributed by atoms with van der Waals surface area (Å²) in [6.45, 7) is 5.14. The molecule has 0 aromatic carbocycles. The maximum Gasteiger partial charge on any atom is 0.353 e. The van der Waals surface area contributed by atoms with Gasteiger partial charge in [0.05, 0.1) is 17.1 Å². The van der Waals surface area contributed by atoms with Crippen molar-refractivity contribution in [2.45, 2.75) is 26.1 Å². The highest BCUT2D eigenvalue weighted by molar-refractivity contribution is 5.69.